The zero-order valence-corrected chi connectivity index (χ0v) is 9.60. The van der Waals surface area contributed by atoms with E-state index < -0.39 is 5.79 Å². The topological polar surface area (TPSA) is 55.8 Å². The van der Waals surface area contributed by atoms with E-state index in [9.17, 15) is 9.90 Å². The third-order valence-corrected chi connectivity index (χ3v) is 3.70. The van der Waals surface area contributed by atoms with Crippen molar-refractivity contribution < 1.29 is 19.4 Å². The fourth-order valence-corrected chi connectivity index (χ4v) is 2.89. The van der Waals surface area contributed by atoms with Crippen LogP contribution in [-0.2, 0) is 16.0 Å². The van der Waals surface area contributed by atoms with Gasteiger partial charge in [-0.1, -0.05) is 12.1 Å². The van der Waals surface area contributed by atoms with Gasteiger partial charge >= 0.3 is 5.97 Å². The van der Waals surface area contributed by atoms with E-state index in [1.165, 1.54) is 0 Å². The molecule has 1 aliphatic heterocycles. The van der Waals surface area contributed by atoms with Gasteiger partial charge in [-0.05, 0) is 23.6 Å². The summed E-state index contributed by atoms with van der Waals surface area (Å²) in [4.78, 5) is 11.4. The second kappa shape index (κ2) is 3.47. The third kappa shape index (κ3) is 1.44. The van der Waals surface area contributed by atoms with Crippen LogP contribution >= 0.6 is 0 Å². The highest BCUT2D eigenvalue weighted by Gasteiger charge is 2.51. The van der Waals surface area contributed by atoms with Crippen molar-refractivity contribution in [2.45, 2.75) is 31.0 Å². The Hall–Kier alpha value is -1.55. The predicted molar refractivity (Wildman–Crippen MR) is 59.7 cm³/mol. The molecule has 1 heterocycles. The quantitative estimate of drug-likeness (QED) is 0.745. The minimum Gasteiger partial charge on any atom is -0.496 e. The van der Waals surface area contributed by atoms with Gasteiger partial charge in [-0.2, -0.15) is 0 Å². The zero-order chi connectivity index (χ0) is 12.0. The van der Waals surface area contributed by atoms with Crippen molar-refractivity contribution in [2.24, 2.45) is 0 Å². The van der Waals surface area contributed by atoms with Crippen LogP contribution in [0.3, 0.4) is 0 Å². The van der Waals surface area contributed by atoms with Gasteiger partial charge in [-0.25, -0.2) is 0 Å². The molecule has 1 aromatic carbocycles. The lowest BCUT2D eigenvalue weighted by Gasteiger charge is -2.34. The first-order chi connectivity index (χ1) is 8.14. The molecule has 0 amide bonds. The fraction of sp³-hybridized carbons (Fsp3) is 0.462. The third-order valence-electron chi connectivity index (χ3n) is 3.70. The second-order valence-electron chi connectivity index (χ2n) is 4.60. The number of rotatable bonds is 1. The smallest absolute Gasteiger partial charge is 0.309 e. The molecule has 0 bridgehead atoms. The first kappa shape index (κ1) is 10.6. The molecule has 90 valence electrons. The SMILES string of the molecule is COc1cccc2c1CC[C@]1(O)OC(=O)C[C@@H]21. The van der Waals surface area contributed by atoms with Crippen LogP contribution in [-0.4, -0.2) is 24.0 Å². The number of esters is 1. The number of methoxy groups -OCH3 is 1. The predicted octanol–water partition coefficient (Wildman–Crippen LogP) is 1.36. The van der Waals surface area contributed by atoms with Crippen molar-refractivity contribution in [3.8, 4) is 5.75 Å². The first-order valence-electron chi connectivity index (χ1n) is 5.74. The number of hydrogen-bond donors (Lipinski definition) is 1. The average Bonchev–Trinajstić information content (AvgIpc) is 2.63. The van der Waals surface area contributed by atoms with Gasteiger partial charge in [-0.15, -0.1) is 0 Å². The summed E-state index contributed by atoms with van der Waals surface area (Å²) in [6.07, 6.45) is 1.35. The molecule has 0 radical (unpaired) electrons. The van der Waals surface area contributed by atoms with Gasteiger partial charge in [0.1, 0.15) is 5.75 Å². The Labute approximate surface area is 99.2 Å². The molecule has 0 saturated carbocycles. The van der Waals surface area contributed by atoms with Crippen LogP contribution in [0.15, 0.2) is 18.2 Å². The number of ether oxygens (including phenoxy) is 2. The van der Waals surface area contributed by atoms with Crippen molar-refractivity contribution in [2.75, 3.05) is 7.11 Å². The standard InChI is InChI=1S/C13H14O4/c1-16-11-4-2-3-8-9(11)5-6-13(15)10(8)7-12(14)17-13/h2-4,10,15H,5-7H2,1H3/t10-,13-/m0/s1. The highest BCUT2D eigenvalue weighted by atomic mass is 16.7. The monoisotopic (exact) mass is 234 g/mol. The molecule has 17 heavy (non-hydrogen) atoms. The molecule has 3 rings (SSSR count). The van der Waals surface area contributed by atoms with E-state index in [0.717, 1.165) is 16.9 Å². The largest absolute Gasteiger partial charge is 0.496 e. The molecule has 1 N–H and O–H groups in total. The molecular formula is C13H14O4. The van der Waals surface area contributed by atoms with Gasteiger partial charge in [0.25, 0.3) is 0 Å². The van der Waals surface area contributed by atoms with Crippen LogP contribution in [0.5, 0.6) is 5.75 Å². The second-order valence-corrected chi connectivity index (χ2v) is 4.60. The Morgan fingerprint density at radius 3 is 3.12 bits per heavy atom. The summed E-state index contributed by atoms with van der Waals surface area (Å²) >= 11 is 0. The molecular weight excluding hydrogens is 220 g/mol. The number of carbonyl (C=O) groups is 1. The number of aliphatic hydroxyl groups is 1. The van der Waals surface area contributed by atoms with Crippen LogP contribution in [0.4, 0.5) is 0 Å². The number of carbonyl (C=O) groups excluding carboxylic acids is 1. The molecule has 2 aliphatic rings. The maximum Gasteiger partial charge on any atom is 0.309 e. The van der Waals surface area contributed by atoms with Gasteiger partial charge in [0.2, 0.25) is 5.79 Å². The van der Waals surface area contributed by atoms with Crippen molar-refractivity contribution >= 4 is 5.97 Å². The maximum absolute atomic E-state index is 11.4. The van der Waals surface area contributed by atoms with Crippen LogP contribution in [0.2, 0.25) is 0 Å². The summed E-state index contributed by atoms with van der Waals surface area (Å²) in [5.41, 5.74) is 2.06. The molecule has 1 aromatic rings. The number of benzene rings is 1. The summed E-state index contributed by atoms with van der Waals surface area (Å²) in [6.45, 7) is 0. The van der Waals surface area contributed by atoms with Gasteiger partial charge in [0.15, 0.2) is 0 Å². The van der Waals surface area contributed by atoms with Crippen molar-refractivity contribution in [1.29, 1.82) is 0 Å². The average molecular weight is 234 g/mol. The number of hydrogen-bond acceptors (Lipinski definition) is 4. The summed E-state index contributed by atoms with van der Waals surface area (Å²) in [7, 11) is 1.63. The van der Waals surface area contributed by atoms with Crippen LogP contribution in [0.25, 0.3) is 0 Å². The van der Waals surface area contributed by atoms with E-state index in [4.69, 9.17) is 9.47 Å². The highest BCUT2D eigenvalue weighted by Crippen LogP contribution is 2.48. The van der Waals surface area contributed by atoms with E-state index in [1.807, 2.05) is 18.2 Å². The summed E-state index contributed by atoms with van der Waals surface area (Å²) < 4.78 is 10.4. The van der Waals surface area contributed by atoms with Gasteiger partial charge in [-0.3, -0.25) is 4.79 Å². The van der Waals surface area contributed by atoms with E-state index in [-0.39, 0.29) is 18.3 Å². The molecule has 1 saturated heterocycles. The van der Waals surface area contributed by atoms with Crippen LogP contribution in [0, 0.1) is 0 Å². The molecule has 4 nitrogen and oxygen atoms in total. The Bertz CT molecular complexity index is 482. The molecule has 1 aliphatic carbocycles. The van der Waals surface area contributed by atoms with Crippen LogP contribution < -0.4 is 4.74 Å². The maximum atomic E-state index is 11.4. The lowest BCUT2D eigenvalue weighted by atomic mass is 9.78. The minimum absolute atomic E-state index is 0.247. The Morgan fingerprint density at radius 1 is 1.53 bits per heavy atom. The number of fused-ring (bicyclic) bond motifs is 3. The Balaban J connectivity index is 2.11. The van der Waals surface area contributed by atoms with E-state index >= 15 is 0 Å². The van der Waals surface area contributed by atoms with Crippen molar-refractivity contribution in [1.82, 2.24) is 0 Å². The van der Waals surface area contributed by atoms with Crippen molar-refractivity contribution in [3.05, 3.63) is 29.3 Å². The summed E-state index contributed by atoms with van der Waals surface area (Å²) in [5.74, 6) is -1.07. The van der Waals surface area contributed by atoms with Crippen molar-refractivity contribution in [3.63, 3.8) is 0 Å². The van der Waals surface area contributed by atoms with Gasteiger partial charge in [0, 0.05) is 6.42 Å². The lowest BCUT2D eigenvalue weighted by molar-refractivity contribution is -0.197. The molecule has 4 heteroatoms. The molecule has 0 spiro atoms. The molecule has 0 unspecified atom stereocenters. The summed E-state index contributed by atoms with van der Waals surface area (Å²) in [5, 5.41) is 10.3. The first-order valence-corrected chi connectivity index (χ1v) is 5.74. The Morgan fingerprint density at radius 2 is 2.35 bits per heavy atom. The normalized spacial score (nSPS) is 30.5. The molecule has 0 aromatic heterocycles. The molecule has 1 fully saturated rings. The lowest BCUT2D eigenvalue weighted by Crippen LogP contribution is -2.38. The minimum atomic E-state index is -1.31. The zero-order valence-electron chi connectivity index (χ0n) is 9.60. The molecule has 2 atom stereocenters. The van der Waals surface area contributed by atoms with Crippen LogP contribution in [0.1, 0.15) is 29.9 Å². The van der Waals surface area contributed by atoms with Gasteiger partial charge < -0.3 is 14.6 Å². The van der Waals surface area contributed by atoms with E-state index in [1.54, 1.807) is 7.11 Å². The fourth-order valence-electron chi connectivity index (χ4n) is 2.89. The van der Waals surface area contributed by atoms with Gasteiger partial charge in [0.05, 0.1) is 19.4 Å². The Kier molecular flexibility index (Phi) is 2.16. The van der Waals surface area contributed by atoms with E-state index in [2.05, 4.69) is 0 Å². The van der Waals surface area contributed by atoms with E-state index in [0.29, 0.717) is 12.8 Å². The summed E-state index contributed by atoms with van der Waals surface area (Å²) in [6, 6.07) is 5.72. The highest BCUT2D eigenvalue weighted by molar-refractivity contribution is 5.74.